The highest BCUT2D eigenvalue weighted by molar-refractivity contribution is 7.89. The minimum absolute atomic E-state index is 0.0200. The monoisotopic (exact) mass is 499 g/mol. The maximum Gasteiger partial charge on any atom is 0.251 e. The van der Waals surface area contributed by atoms with E-state index in [0.29, 0.717) is 12.1 Å². The summed E-state index contributed by atoms with van der Waals surface area (Å²) in [5.74, 6) is 0.696. The third kappa shape index (κ3) is 5.88. The SMILES string of the molecule is COc1ccccc1CN1CCC(NC(=O)c2cc(S(=O)(=O)N3CCCCC3C)ccc2C)CC1. The highest BCUT2D eigenvalue weighted by Gasteiger charge is 2.32. The second-order valence-electron chi connectivity index (χ2n) is 9.77. The maximum absolute atomic E-state index is 13.3. The standard InChI is InChI=1S/C27H37N3O4S/c1-20-11-12-24(35(32,33)30-15-7-6-8-21(30)2)18-25(20)27(31)28-23-13-16-29(17-14-23)19-22-9-4-5-10-26(22)34-3/h4-5,9-12,18,21,23H,6-8,13-17,19H2,1-3H3,(H,28,31). The van der Waals surface area contributed by atoms with Gasteiger partial charge in [-0.25, -0.2) is 8.42 Å². The Morgan fingerprint density at radius 1 is 1.06 bits per heavy atom. The number of para-hydroxylation sites is 1. The lowest BCUT2D eigenvalue weighted by molar-refractivity contribution is 0.0908. The van der Waals surface area contributed by atoms with E-state index >= 15 is 0 Å². The third-order valence-corrected chi connectivity index (χ3v) is 9.32. The number of likely N-dealkylation sites (tertiary alicyclic amines) is 1. The molecule has 2 saturated heterocycles. The average Bonchev–Trinajstić information content (AvgIpc) is 2.86. The molecule has 2 aromatic carbocycles. The first kappa shape index (κ1) is 25.7. The Morgan fingerprint density at radius 2 is 1.80 bits per heavy atom. The highest BCUT2D eigenvalue weighted by Crippen LogP contribution is 2.27. The van der Waals surface area contributed by atoms with E-state index in [0.717, 1.165) is 68.6 Å². The van der Waals surface area contributed by atoms with Crippen molar-refractivity contribution in [3.8, 4) is 5.75 Å². The van der Waals surface area contributed by atoms with Crippen LogP contribution in [0.2, 0.25) is 0 Å². The van der Waals surface area contributed by atoms with Crippen LogP contribution < -0.4 is 10.1 Å². The van der Waals surface area contributed by atoms with Gasteiger partial charge in [-0.15, -0.1) is 0 Å². The van der Waals surface area contributed by atoms with E-state index in [9.17, 15) is 13.2 Å². The lowest BCUT2D eigenvalue weighted by Gasteiger charge is -2.33. The van der Waals surface area contributed by atoms with E-state index in [4.69, 9.17) is 4.74 Å². The lowest BCUT2D eigenvalue weighted by atomic mass is 10.0. The van der Waals surface area contributed by atoms with Crippen molar-refractivity contribution in [2.24, 2.45) is 0 Å². The average molecular weight is 500 g/mol. The number of carbonyl (C=O) groups excluding carboxylic acids is 1. The number of nitrogens with one attached hydrogen (secondary N) is 1. The van der Waals surface area contributed by atoms with Gasteiger partial charge in [0, 0.05) is 49.4 Å². The molecule has 1 N–H and O–H groups in total. The van der Waals surface area contributed by atoms with Crippen LogP contribution in [0.5, 0.6) is 5.75 Å². The van der Waals surface area contributed by atoms with E-state index in [-0.39, 0.29) is 22.9 Å². The summed E-state index contributed by atoms with van der Waals surface area (Å²) in [7, 11) is -1.93. The van der Waals surface area contributed by atoms with Gasteiger partial charge in [-0.3, -0.25) is 9.69 Å². The normalized spacial score (nSPS) is 20.5. The van der Waals surface area contributed by atoms with Crippen LogP contribution in [-0.4, -0.2) is 62.4 Å². The van der Waals surface area contributed by atoms with Crippen LogP contribution in [0, 0.1) is 6.92 Å². The number of sulfonamides is 1. The Kier molecular flexibility index (Phi) is 8.14. The highest BCUT2D eigenvalue weighted by atomic mass is 32.2. The van der Waals surface area contributed by atoms with Gasteiger partial charge >= 0.3 is 0 Å². The van der Waals surface area contributed by atoms with Crippen LogP contribution in [-0.2, 0) is 16.6 Å². The fourth-order valence-corrected chi connectivity index (χ4v) is 6.87. The van der Waals surface area contributed by atoms with Crippen molar-refractivity contribution in [3.05, 3.63) is 59.2 Å². The van der Waals surface area contributed by atoms with E-state index in [2.05, 4.69) is 16.3 Å². The van der Waals surface area contributed by atoms with Crippen LogP contribution in [0.25, 0.3) is 0 Å². The van der Waals surface area contributed by atoms with Crippen LogP contribution in [0.1, 0.15) is 60.5 Å². The molecule has 8 heteroatoms. The Hall–Kier alpha value is -2.42. The van der Waals surface area contributed by atoms with Gasteiger partial charge in [-0.1, -0.05) is 30.7 Å². The van der Waals surface area contributed by atoms with Gasteiger partial charge < -0.3 is 10.1 Å². The number of hydrogen-bond donors (Lipinski definition) is 1. The minimum atomic E-state index is -3.62. The first-order valence-electron chi connectivity index (χ1n) is 12.6. The molecule has 35 heavy (non-hydrogen) atoms. The Bertz CT molecular complexity index is 1140. The summed E-state index contributed by atoms with van der Waals surface area (Å²) < 4.78 is 33.6. The smallest absolute Gasteiger partial charge is 0.251 e. The summed E-state index contributed by atoms with van der Waals surface area (Å²) in [6.07, 6.45) is 4.49. The quantitative estimate of drug-likeness (QED) is 0.624. The molecule has 0 aromatic heterocycles. The molecule has 2 aromatic rings. The van der Waals surface area contributed by atoms with E-state index < -0.39 is 10.0 Å². The van der Waals surface area contributed by atoms with E-state index in [1.54, 1.807) is 29.6 Å². The van der Waals surface area contributed by atoms with Crippen molar-refractivity contribution in [3.63, 3.8) is 0 Å². The van der Waals surface area contributed by atoms with Gasteiger partial charge in [0.2, 0.25) is 10.0 Å². The number of benzene rings is 2. The fraction of sp³-hybridized carbons (Fsp3) is 0.519. The Balaban J connectivity index is 1.39. The molecule has 2 fully saturated rings. The minimum Gasteiger partial charge on any atom is -0.496 e. The number of nitrogens with zero attached hydrogens (tertiary/aromatic N) is 2. The summed E-state index contributed by atoms with van der Waals surface area (Å²) in [4.78, 5) is 15.7. The Morgan fingerprint density at radius 3 is 2.51 bits per heavy atom. The molecule has 2 heterocycles. The number of methoxy groups -OCH3 is 1. The van der Waals surface area contributed by atoms with E-state index in [1.807, 2.05) is 32.0 Å². The first-order valence-corrected chi connectivity index (χ1v) is 14.0. The zero-order chi connectivity index (χ0) is 25.0. The van der Waals surface area contributed by atoms with Gasteiger partial charge in [0.25, 0.3) is 5.91 Å². The third-order valence-electron chi connectivity index (χ3n) is 7.31. The lowest BCUT2D eigenvalue weighted by Crippen LogP contribution is -2.44. The molecule has 7 nitrogen and oxygen atoms in total. The van der Waals surface area contributed by atoms with Crippen molar-refractivity contribution in [2.45, 2.75) is 69.5 Å². The number of piperidine rings is 2. The van der Waals surface area contributed by atoms with Crippen molar-refractivity contribution in [2.75, 3.05) is 26.7 Å². The summed E-state index contributed by atoms with van der Waals surface area (Å²) in [6.45, 7) is 6.92. The molecular formula is C27H37N3O4S. The molecule has 0 aliphatic carbocycles. The van der Waals surface area contributed by atoms with Crippen LogP contribution >= 0.6 is 0 Å². The van der Waals surface area contributed by atoms with Gasteiger partial charge in [-0.2, -0.15) is 4.31 Å². The van der Waals surface area contributed by atoms with Crippen molar-refractivity contribution in [1.29, 1.82) is 0 Å². The summed E-state index contributed by atoms with van der Waals surface area (Å²) in [5.41, 5.74) is 2.38. The molecule has 0 spiro atoms. The molecule has 1 unspecified atom stereocenters. The number of carbonyl (C=O) groups is 1. The fourth-order valence-electron chi connectivity index (χ4n) is 5.14. The van der Waals surface area contributed by atoms with Crippen LogP contribution in [0.4, 0.5) is 0 Å². The molecule has 2 aliphatic heterocycles. The topological polar surface area (TPSA) is 79.0 Å². The zero-order valence-corrected chi connectivity index (χ0v) is 21.8. The molecule has 0 saturated carbocycles. The van der Waals surface area contributed by atoms with Crippen molar-refractivity contribution >= 4 is 15.9 Å². The van der Waals surface area contributed by atoms with Gasteiger partial charge in [0.15, 0.2) is 0 Å². The van der Waals surface area contributed by atoms with Crippen molar-refractivity contribution < 1.29 is 17.9 Å². The molecule has 4 rings (SSSR count). The second kappa shape index (κ2) is 11.1. The number of hydrogen-bond acceptors (Lipinski definition) is 5. The molecular weight excluding hydrogens is 462 g/mol. The largest absolute Gasteiger partial charge is 0.496 e. The summed E-state index contributed by atoms with van der Waals surface area (Å²) in [6, 6.07) is 13.0. The van der Waals surface area contributed by atoms with Crippen LogP contribution in [0.3, 0.4) is 0 Å². The molecule has 0 radical (unpaired) electrons. The zero-order valence-electron chi connectivity index (χ0n) is 21.0. The molecule has 0 bridgehead atoms. The Labute approximate surface area is 209 Å². The first-order chi connectivity index (χ1) is 16.8. The molecule has 2 aliphatic rings. The predicted octanol–water partition coefficient (Wildman–Crippen LogP) is 3.96. The summed E-state index contributed by atoms with van der Waals surface area (Å²) in [5, 5.41) is 3.15. The number of rotatable bonds is 7. The van der Waals surface area contributed by atoms with Gasteiger partial charge in [0.1, 0.15) is 5.75 Å². The van der Waals surface area contributed by atoms with Crippen LogP contribution in [0.15, 0.2) is 47.4 Å². The second-order valence-corrected chi connectivity index (χ2v) is 11.7. The van der Waals surface area contributed by atoms with E-state index in [1.165, 1.54) is 0 Å². The molecule has 1 atom stereocenters. The predicted molar refractivity (Wildman–Crippen MR) is 137 cm³/mol. The van der Waals surface area contributed by atoms with Crippen molar-refractivity contribution in [1.82, 2.24) is 14.5 Å². The van der Waals surface area contributed by atoms with Gasteiger partial charge in [-0.05, 0) is 63.3 Å². The maximum atomic E-state index is 13.3. The number of aryl methyl sites for hydroxylation is 1. The number of ether oxygens (including phenoxy) is 1. The molecule has 1 amide bonds. The van der Waals surface area contributed by atoms with Gasteiger partial charge in [0.05, 0.1) is 12.0 Å². The molecule has 190 valence electrons. The number of amides is 1. The summed E-state index contributed by atoms with van der Waals surface area (Å²) >= 11 is 0.